The predicted molar refractivity (Wildman–Crippen MR) is 90.2 cm³/mol. The Morgan fingerprint density at radius 3 is 2.83 bits per heavy atom. The van der Waals surface area contributed by atoms with Crippen molar-refractivity contribution in [2.24, 2.45) is 5.92 Å². The highest BCUT2D eigenvalue weighted by atomic mass is 32.2. The zero-order valence-corrected chi connectivity index (χ0v) is 14.6. The highest BCUT2D eigenvalue weighted by Gasteiger charge is 2.35. The molecule has 0 bridgehead atoms. The molecule has 1 N–H and O–H groups in total. The van der Waals surface area contributed by atoms with E-state index in [4.69, 9.17) is 4.74 Å². The first-order valence-electron chi connectivity index (χ1n) is 8.66. The van der Waals surface area contributed by atoms with Crippen molar-refractivity contribution in [3.05, 3.63) is 28.4 Å². The fourth-order valence-corrected chi connectivity index (χ4v) is 5.69. The standard InChI is InChI=1S/C16H25N3O4S/c20-16-9-14(17-12-18-16)8-13-10-19(6-7-23-11-13)24(21,22)15-4-2-1-3-5-15/h9,12-13,15H,1-8,10-11H2,(H,17,18,20)/t13-/m1/s1. The normalized spacial score (nSPS) is 24.6. The fourth-order valence-electron chi connectivity index (χ4n) is 3.59. The van der Waals surface area contributed by atoms with Crippen LogP contribution in [0.3, 0.4) is 0 Å². The molecule has 0 aromatic carbocycles. The Morgan fingerprint density at radius 2 is 2.08 bits per heavy atom. The number of nitrogens with zero attached hydrogens (tertiary/aromatic N) is 2. The van der Waals surface area contributed by atoms with Gasteiger partial charge in [0, 0.05) is 30.8 Å². The average Bonchev–Trinajstić information content (AvgIpc) is 2.82. The molecule has 1 aliphatic carbocycles. The minimum Gasteiger partial charge on any atom is -0.380 e. The predicted octanol–water partition coefficient (Wildman–Crippen LogP) is 0.923. The van der Waals surface area contributed by atoms with E-state index in [-0.39, 0.29) is 16.7 Å². The van der Waals surface area contributed by atoms with Gasteiger partial charge in [0.2, 0.25) is 10.0 Å². The van der Waals surface area contributed by atoms with E-state index in [1.807, 2.05) is 0 Å². The maximum Gasteiger partial charge on any atom is 0.250 e. The lowest BCUT2D eigenvalue weighted by molar-refractivity contribution is 0.122. The first kappa shape index (κ1) is 17.6. The molecule has 2 aliphatic rings. The van der Waals surface area contributed by atoms with Crippen LogP contribution >= 0.6 is 0 Å². The molecular formula is C16H25N3O4S. The van der Waals surface area contributed by atoms with E-state index in [0.717, 1.165) is 32.1 Å². The smallest absolute Gasteiger partial charge is 0.250 e. The lowest BCUT2D eigenvalue weighted by atomic mass is 10.0. The Balaban J connectivity index is 1.71. The second kappa shape index (κ2) is 7.76. The van der Waals surface area contributed by atoms with Crippen LogP contribution in [0.1, 0.15) is 37.8 Å². The van der Waals surface area contributed by atoms with Crippen molar-refractivity contribution in [3.8, 4) is 0 Å². The molecule has 1 saturated heterocycles. The minimum atomic E-state index is -3.28. The van der Waals surface area contributed by atoms with Crippen molar-refractivity contribution in [1.82, 2.24) is 14.3 Å². The second-order valence-electron chi connectivity index (χ2n) is 6.71. The topological polar surface area (TPSA) is 92.4 Å². The summed E-state index contributed by atoms with van der Waals surface area (Å²) < 4.78 is 33.1. The Kier molecular flexibility index (Phi) is 5.68. The summed E-state index contributed by atoms with van der Waals surface area (Å²) in [5, 5.41) is -0.248. The molecule has 1 saturated carbocycles. The first-order chi connectivity index (χ1) is 11.6. The molecule has 7 nitrogen and oxygen atoms in total. The van der Waals surface area contributed by atoms with Gasteiger partial charge < -0.3 is 9.72 Å². The Labute approximate surface area is 142 Å². The molecule has 1 aromatic rings. The van der Waals surface area contributed by atoms with E-state index in [0.29, 0.717) is 38.4 Å². The van der Waals surface area contributed by atoms with E-state index in [1.165, 1.54) is 12.4 Å². The summed E-state index contributed by atoms with van der Waals surface area (Å²) in [5.41, 5.74) is 0.477. The monoisotopic (exact) mass is 355 g/mol. The third-order valence-electron chi connectivity index (χ3n) is 4.87. The molecule has 134 valence electrons. The van der Waals surface area contributed by atoms with Gasteiger partial charge in [0.05, 0.1) is 24.8 Å². The molecule has 1 aliphatic heterocycles. The SMILES string of the molecule is O=c1cc(C[C@H]2COCCN(S(=O)(=O)C3CCCCC3)C2)nc[nH]1. The zero-order chi connectivity index (χ0) is 17.0. The molecule has 0 spiro atoms. The van der Waals surface area contributed by atoms with Crippen LogP contribution in [0.5, 0.6) is 0 Å². The van der Waals surface area contributed by atoms with Gasteiger partial charge in [0.1, 0.15) is 0 Å². The molecule has 1 atom stereocenters. The van der Waals surface area contributed by atoms with Crippen LogP contribution in [0.4, 0.5) is 0 Å². The van der Waals surface area contributed by atoms with Crippen LogP contribution in [0, 0.1) is 5.92 Å². The second-order valence-corrected chi connectivity index (χ2v) is 8.92. The molecule has 24 heavy (non-hydrogen) atoms. The Morgan fingerprint density at radius 1 is 1.29 bits per heavy atom. The molecule has 1 aromatic heterocycles. The van der Waals surface area contributed by atoms with Crippen LogP contribution in [-0.4, -0.2) is 54.2 Å². The molecule has 0 radical (unpaired) electrons. The lowest BCUT2D eigenvalue weighted by Gasteiger charge is -2.29. The van der Waals surface area contributed by atoms with Gasteiger partial charge in [0.15, 0.2) is 0 Å². The number of aromatic amines is 1. The molecule has 0 unspecified atom stereocenters. The van der Waals surface area contributed by atoms with Crippen LogP contribution in [0.25, 0.3) is 0 Å². The quantitative estimate of drug-likeness (QED) is 0.867. The summed E-state index contributed by atoms with van der Waals surface area (Å²) in [4.78, 5) is 18.1. The third-order valence-corrected chi connectivity index (χ3v) is 7.23. The van der Waals surface area contributed by atoms with Gasteiger partial charge >= 0.3 is 0 Å². The van der Waals surface area contributed by atoms with E-state index in [2.05, 4.69) is 9.97 Å². The van der Waals surface area contributed by atoms with E-state index >= 15 is 0 Å². The Hall–Kier alpha value is -1.25. The van der Waals surface area contributed by atoms with Crippen molar-refractivity contribution >= 4 is 10.0 Å². The van der Waals surface area contributed by atoms with E-state index in [1.54, 1.807) is 4.31 Å². The van der Waals surface area contributed by atoms with Gasteiger partial charge in [0.25, 0.3) is 5.56 Å². The van der Waals surface area contributed by atoms with Crippen LogP contribution in [0.15, 0.2) is 17.2 Å². The molecule has 2 heterocycles. The van der Waals surface area contributed by atoms with Gasteiger partial charge in [-0.3, -0.25) is 4.79 Å². The van der Waals surface area contributed by atoms with Gasteiger partial charge in [-0.15, -0.1) is 0 Å². The van der Waals surface area contributed by atoms with Crippen molar-refractivity contribution in [2.75, 3.05) is 26.3 Å². The van der Waals surface area contributed by atoms with Crippen LogP contribution in [0.2, 0.25) is 0 Å². The number of rotatable bonds is 4. The summed E-state index contributed by atoms with van der Waals surface area (Å²) >= 11 is 0. The fraction of sp³-hybridized carbons (Fsp3) is 0.750. The molecular weight excluding hydrogens is 330 g/mol. The maximum absolute atomic E-state index is 12.9. The summed E-state index contributed by atoms with van der Waals surface area (Å²) in [6.45, 7) is 1.77. The molecule has 2 fully saturated rings. The highest BCUT2D eigenvalue weighted by Crippen LogP contribution is 2.27. The van der Waals surface area contributed by atoms with E-state index in [9.17, 15) is 13.2 Å². The highest BCUT2D eigenvalue weighted by molar-refractivity contribution is 7.89. The number of hydrogen-bond acceptors (Lipinski definition) is 5. The Bertz CT molecular complexity index is 697. The summed E-state index contributed by atoms with van der Waals surface area (Å²) in [5.74, 6) is 0.0140. The number of nitrogens with one attached hydrogen (secondary N) is 1. The number of ether oxygens (including phenoxy) is 1. The molecule has 8 heteroatoms. The van der Waals surface area contributed by atoms with E-state index < -0.39 is 10.0 Å². The van der Waals surface area contributed by atoms with Crippen molar-refractivity contribution in [2.45, 2.75) is 43.8 Å². The molecule has 3 rings (SSSR count). The molecule has 0 amide bonds. The maximum atomic E-state index is 12.9. The summed E-state index contributed by atoms with van der Waals surface area (Å²) in [7, 11) is -3.28. The number of hydrogen-bond donors (Lipinski definition) is 1. The first-order valence-corrected chi connectivity index (χ1v) is 10.2. The van der Waals surface area contributed by atoms with Crippen molar-refractivity contribution in [3.63, 3.8) is 0 Å². The number of H-pyrrole nitrogens is 1. The van der Waals surface area contributed by atoms with Gasteiger partial charge in [-0.05, 0) is 19.3 Å². The minimum absolute atomic E-state index is 0.0140. The van der Waals surface area contributed by atoms with Crippen molar-refractivity contribution in [1.29, 1.82) is 0 Å². The van der Waals surface area contributed by atoms with Crippen LogP contribution in [-0.2, 0) is 21.2 Å². The number of aromatic nitrogens is 2. The van der Waals surface area contributed by atoms with Crippen molar-refractivity contribution < 1.29 is 13.2 Å². The summed E-state index contributed by atoms with van der Waals surface area (Å²) in [6, 6.07) is 1.46. The third kappa shape index (κ3) is 4.23. The zero-order valence-electron chi connectivity index (χ0n) is 13.8. The number of sulfonamides is 1. The average molecular weight is 355 g/mol. The van der Waals surface area contributed by atoms with Gasteiger partial charge in [-0.2, -0.15) is 4.31 Å². The lowest BCUT2D eigenvalue weighted by Crippen LogP contribution is -2.42. The van der Waals surface area contributed by atoms with Gasteiger partial charge in [-0.25, -0.2) is 13.4 Å². The van der Waals surface area contributed by atoms with Gasteiger partial charge in [-0.1, -0.05) is 19.3 Å². The largest absolute Gasteiger partial charge is 0.380 e. The van der Waals surface area contributed by atoms with Crippen LogP contribution < -0.4 is 5.56 Å². The summed E-state index contributed by atoms with van der Waals surface area (Å²) in [6.07, 6.45) is 6.57.